The van der Waals surface area contributed by atoms with Crippen LogP contribution in [0.4, 0.5) is 0 Å². The molecule has 0 aliphatic rings. The van der Waals surface area contributed by atoms with Gasteiger partial charge in [-0.05, 0) is 44.0 Å². The molecule has 0 heterocycles. The first-order valence-corrected chi connectivity index (χ1v) is 7.23. The number of hydrogen-bond donors (Lipinski definition) is 1. The van der Waals surface area contributed by atoms with E-state index in [4.69, 9.17) is 10.00 Å². The molecule has 0 fully saturated rings. The Morgan fingerprint density at radius 3 is 2.57 bits per heavy atom. The average Bonchev–Trinajstić information content (AvgIpc) is 2.46. The highest BCUT2D eigenvalue weighted by Crippen LogP contribution is 2.15. The fraction of sp³-hybridized carbons (Fsp3) is 0.412. The van der Waals surface area contributed by atoms with Gasteiger partial charge in [0.1, 0.15) is 17.4 Å². The highest BCUT2D eigenvalue weighted by Gasteiger charge is 2.08. The molecule has 0 unspecified atom stereocenters. The SMILES string of the molecule is CCCCNC(=O)C(C#N)=Cc1ccc(OC(C)C)cc1. The van der Waals surface area contributed by atoms with Crippen LogP contribution in [0.2, 0.25) is 0 Å². The summed E-state index contributed by atoms with van der Waals surface area (Å²) in [5.41, 5.74) is 0.914. The minimum Gasteiger partial charge on any atom is -0.491 e. The number of amides is 1. The normalized spacial score (nSPS) is 11.1. The highest BCUT2D eigenvalue weighted by atomic mass is 16.5. The first-order chi connectivity index (χ1) is 10.1. The van der Waals surface area contributed by atoms with Crippen LogP contribution in [0.5, 0.6) is 5.75 Å². The Morgan fingerprint density at radius 1 is 1.38 bits per heavy atom. The first-order valence-electron chi connectivity index (χ1n) is 7.23. The molecule has 0 bridgehead atoms. The molecule has 21 heavy (non-hydrogen) atoms. The maximum absolute atomic E-state index is 11.8. The lowest BCUT2D eigenvalue weighted by atomic mass is 10.1. The topological polar surface area (TPSA) is 62.1 Å². The summed E-state index contributed by atoms with van der Waals surface area (Å²) >= 11 is 0. The van der Waals surface area contributed by atoms with Gasteiger partial charge in [0, 0.05) is 6.54 Å². The molecular weight excluding hydrogens is 264 g/mol. The molecule has 0 aliphatic heterocycles. The van der Waals surface area contributed by atoms with Gasteiger partial charge in [-0.1, -0.05) is 25.5 Å². The quantitative estimate of drug-likeness (QED) is 0.475. The van der Waals surface area contributed by atoms with Crippen LogP contribution >= 0.6 is 0 Å². The van der Waals surface area contributed by atoms with E-state index >= 15 is 0 Å². The second-order valence-corrected chi connectivity index (χ2v) is 5.01. The van der Waals surface area contributed by atoms with Crippen molar-refractivity contribution in [3.05, 3.63) is 35.4 Å². The van der Waals surface area contributed by atoms with Crippen molar-refractivity contribution in [2.75, 3.05) is 6.54 Å². The van der Waals surface area contributed by atoms with Gasteiger partial charge in [-0.3, -0.25) is 4.79 Å². The van der Waals surface area contributed by atoms with Crippen molar-refractivity contribution in [3.8, 4) is 11.8 Å². The lowest BCUT2D eigenvalue weighted by Gasteiger charge is -2.09. The van der Waals surface area contributed by atoms with Crippen molar-refractivity contribution in [3.63, 3.8) is 0 Å². The molecule has 1 N–H and O–H groups in total. The third-order valence-electron chi connectivity index (χ3n) is 2.74. The Kier molecular flexibility index (Phi) is 7.03. The van der Waals surface area contributed by atoms with Gasteiger partial charge in [0.05, 0.1) is 6.10 Å². The number of rotatable bonds is 7. The zero-order chi connectivity index (χ0) is 15.7. The highest BCUT2D eigenvalue weighted by molar-refractivity contribution is 6.01. The van der Waals surface area contributed by atoms with E-state index in [-0.39, 0.29) is 17.6 Å². The molecule has 0 aliphatic carbocycles. The number of benzene rings is 1. The molecule has 4 heteroatoms. The summed E-state index contributed by atoms with van der Waals surface area (Å²) in [6.07, 6.45) is 3.61. The minimum atomic E-state index is -0.326. The van der Waals surface area contributed by atoms with Crippen LogP contribution in [0.3, 0.4) is 0 Å². The van der Waals surface area contributed by atoms with Gasteiger partial charge in [0.15, 0.2) is 0 Å². The molecule has 0 saturated heterocycles. The van der Waals surface area contributed by atoms with E-state index in [1.165, 1.54) is 0 Å². The summed E-state index contributed by atoms with van der Waals surface area (Å²) in [6.45, 7) is 6.56. The zero-order valence-electron chi connectivity index (χ0n) is 12.8. The van der Waals surface area contributed by atoms with Crippen molar-refractivity contribution in [2.24, 2.45) is 0 Å². The molecule has 0 aromatic heterocycles. The van der Waals surface area contributed by atoms with Gasteiger partial charge < -0.3 is 10.1 Å². The zero-order valence-corrected chi connectivity index (χ0v) is 12.8. The van der Waals surface area contributed by atoms with Crippen molar-refractivity contribution >= 4 is 12.0 Å². The molecule has 1 rings (SSSR count). The molecule has 112 valence electrons. The van der Waals surface area contributed by atoms with Crippen molar-refractivity contribution < 1.29 is 9.53 Å². The van der Waals surface area contributed by atoms with Crippen LogP contribution in [0, 0.1) is 11.3 Å². The van der Waals surface area contributed by atoms with Crippen molar-refractivity contribution in [2.45, 2.75) is 39.7 Å². The fourth-order valence-electron chi connectivity index (χ4n) is 1.70. The van der Waals surface area contributed by atoms with E-state index in [0.717, 1.165) is 24.2 Å². The van der Waals surface area contributed by atoms with Gasteiger partial charge in [-0.15, -0.1) is 0 Å². The van der Waals surface area contributed by atoms with E-state index in [2.05, 4.69) is 5.32 Å². The summed E-state index contributed by atoms with van der Waals surface area (Å²) < 4.78 is 5.55. The number of carbonyl (C=O) groups excluding carboxylic acids is 1. The molecular formula is C17H22N2O2. The second kappa shape index (κ2) is 8.80. The largest absolute Gasteiger partial charge is 0.491 e. The van der Waals surface area contributed by atoms with E-state index in [1.807, 2.05) is 51.1 Å². The number of ether oxygens (including phenoxy) is 1. The third-order valence-corrected chi connectivity index (χ3v) is 2.74. The lowest BCUT2D eigenvalue weighted by Crippen LogP contribution is -2.25. The Balaban J connectivity index is 2.74. The van der Waals surface area contributed by atoms with E-state index in [0.29, 0.717) is 6.54 Å². The van der Waals surface area contributed by atoms with E-state index in [1.54, 1.807) is 6.08 Å². The number of unbranched alkanes of at least 4 members (excludes halogenated alkanes) is 1. The number of nitriles is 1. The van der Waals surface area contributed by atoms with Gasteiger partial charge in [0.2, 0.25) is 0 Å². The molecule has 0 spiro atoms. The Morgan fingerprint density at radius 2 is 2.05 bits per heavy atom. The van der Waals surface area contributed by atoms with Crippen LogP contribution in [-0.4, -0.2) is 18.6 Å². The molecule has 1 amide bonds. The summed E-state index contributed by atoms with van der Waals surface area (Å²) in [5.74, 6) is 0.446. The smallest absolute Gasteiger partial charge is 0.261 e. The van der Waals surface area contributed by atoms with Crippen LogP contribution in [0.25, 0.3) is 6.08 Å². The number of hydrogen-bond acceptors (Lipinski definition) is 3. The van der Waals surface area contributed by atoms with Gasteiger partial charge in [-0.25, -0.2) is 0 Å². The Bertz CT molecular complexity index is 525. The van der Waals surface area contributed by atoms with Gasteiger partial charge in [-0.2, -0.15) is 5.26 Å². The minimum absolute atomic E-state index is 0.114. The fourth-order valence-corrected chi connectivity index (χ4v) is 1.70. The standard InChI is InChI=1S/C17H22N2O2/c1-4-5-10-19-17(20)15(12-18)11-14-6-8-16(9-7-14)21-13(2)3/h6-9,11,13H,4-5,10H2,1-3H3,(H,19,20). The molecule has 4 nitrogen and oxygen atoms in total. The predicted octanol–water partition coefficient (Wildman–Crippen LogP) is 3.30. The summed E-state index contributed by atoms with van der Waals surface area (Å²) in [4.78, 5) is 11.8. The van der Waals surface area contributed by atoms with Crippen molar-refractivity contribution in [1.29, 1.82) is 5.26 Å². The summed E-state index contributed by atoms with van der Waals surface area (Å²) in [5, 5.41) is 11.8. The lowest BCUT2D eigenvalue weighted by molar-refractivity contribution is -0.117. The maximum atomic E-state index is 11.8. The Labute approximate surface area is 126 Å². The third kappa shape index (κ3) is 6.13. The average molecular weight is 286 g/mol. The van der Waals surface area contributed by atoms with Gasteiger partial charge in [0.25, 0.3) is 5.91 Å². The molecule has 0 radical (unpaired) electrons. The first kappa shape index (κ1) is 16.8. The van der Waals surface area contributed by atoms with Crippen molar-refractivity contribution in [1.82, 2.24) is 5.32 Å². The predicted molar refractivity (Wildman–Crippen MR) is 83.7 cm³/mol. The molecule has 0 atom stereocenters. The maximum Gasteiger partial charge on any atom is 0.261 e. The van der Waals surface area contributed by atoms with Gasteiger partial charge >= 0.3 is 0 Å². The Hall–Kier alpha value is -2.28. The molecule has 0 saturated carbocycles. The van der Waals surface area contributed by atoms with Crippen LogP contribution in [0.1, 0.15) is 39.2 Å². The summed E-state index contributed by atoms with van der Waals surface area (Å²) in [7, 11) is 0. The molecule has 1 aromatic rings. The van der Waals surface area contributed by atoms with Crippen LogP contribution in [-0.2, 0) is 4.79 Å². The summed E-state index contributed by atoms with van der Waals surface area (Å²) in [6, 6.07) is 9.26. The van der Waals surface area contributed by atoms with E-state index in [9.17, 15) is 4.79 Å². The monoisotopic (exact) mass is 286 g/mol. The number of nitrogens with zero attached hydrogens (tertiary/aromatic N) is 1. The van der Waals surface area contributed by atoms with Crippen LogP contribution in [0.15, 0.2) is 29.8 Å². The van der Waals surface area contributed by atoms with Crippen LogP contribution < -0.4 is 10.1 Å². The second-order valence-electron chi connectivity index (χ2n) is 5.01. The van der Waals surface area contributed by atoms with E-state index < -0.39 is 0 Å². The molecule has 1 aromatic carbocycles. The number of carbonyl (C=O) groups is 1. The number of nitrogens with one attached hydrogen (secondary N) is 1.